The first kappa shape index (κ1) is 24.9. The summed E-state index contributed by atoms with van der Waals surface area (Å²) < 4.78 is 29.5. The zero-order valence-corrected chi connectivity index (χ0v) is 22.8. The van der Waals surface area contributed by atoms with Crippen molar-refractivity contribution in [2.75, 3.05) is 0 Å². The maximum absolute atomic E-state index is 14.7. The third kappa shape index (κ3) is 3.03. The molecule has 0 saturated carbocycles. The molecule has 0 fully saturated rings. The number of rotatable bonds is 0. The van der Waals surface area contributed by atoms with Crippen molar-refractivity contribution in [3.63, 3.8) is 0 Å². The summed E-state index contributed by atoms with van der Waals surface area (Å²) in [6.45, 7) is 0. The molecule has 208 valence electrons. The molecule has 0 N–H and O–H groups in total. The Morgan fingerprint density at radius 2 is 1.16 bits per heavy atom. The summed E-state index contributed by atoms with van der Waals surface area (Å²) >= 11 is 0. The van der Waals surface area contributed by atoms with E-state index < -0.39 is 29.0 Å². The first-order chi connectivity index (χ1) is 21.3. The van der Waals surface area contributed by atoms with Crippen molar-refractivity contribution in [3.8, 4) is 22.4 Å². The molecule has 0 saturated heterocycles. The van der Waals surface area contributed by atoms with Crippen LogP contribution in [0.1, 0.15) is 55.9 Å². The highest BCUT2D eigenvalue weighted by Crippen LogP contribution is 2.54. The first-order valence-electron chi connectivity index (χ1n) is 14.2. The lowest BCUT2D eigenvalue weighted by molar-refractivity contribution is -0.115. The summed E-state index contributed by atoms with van der Waals surface area (Å²) in [5, 5.41) is 0. The molecule has 1 aromatic heterocycles. The van der Waals surface area contributed by atoms with Crippen LogP contribution >= 0.6 is 0 Å². The highest BCUT2D eigenvalue weighted by Gasteiger charge is 2.44. The van der Waals surface area contributed by atoms with Crippen molar-refractivity contribution in [2.45, 2.75) is 12.8 Å². The average Bonchev–Trinajstić information content (AvgIpc) is 3.67. The largest absolute Gasteiger partial charge is 0.289 e. The van der Waals surface area contributed by atoms with Crippen molar-refractivity contribution >= 4 is 34.3 Å². The lowest BCUT2D eigenvalue weighted by Crippen LogP contribution is -2.09. The summed E-state index contributed by atoms with van der Waals surface area (Å²) in [7, 11) is 0. The van der Waals surface area contributed by atoms with Crippen LogP contribution in [0.5, 0.6) is 0 Å². The van der Waals surface area contributed by atoms with Gasteiger partial charge in [-0.25, -0.2) is 13.8 Å². The molecule has 0 radical (unpaired) electrons. The summed E-state index contributed by atoms with van der Waals surface area (Å²) in [6.07, 6.45) is 4.60. The third-order valence-corrected chi connectivity index (χ3v) is 9.09. The highest BCUT2D eigenvalue weighted by molar-refractivity contribution is 6.44. The van der Waals surface area contributed by atoms with Crippen LogP contribution in [0.2, 0.25) is 0 Å². The van der Waals surface area contributed by atoms with Gasteiger partial charge in [-0.2, -0.15) is 0 Å². The predicted octanol–water partition coefficient (Wildman–Crippen LogP) is 6.80. The Balaban J connectivity index is 1.36. The minimum absolute atomic E-state index is 0.0490. The van der Waals surface area contributed by atoms with Crippen molar-refractivity contribution < 1.29 is 28.0 Å². The minimum Gasteiger partial charge on any atom is -0.289 e. The number of carbonyl (C=O) groups is 4. The molecule has 0 spiro atoms. The van der Waals surface area contributed by atoms with E-state index in [9.17, 15) is 28.0 Å². The van der Waals surface area contributed by atoms with E-state index >= 15 is 0 Å². The van der Waals surface area contributed by atoms with Gasteiger partial charge in [0, 0.05) is 50.1 Å². The van der Waals surface area contributed by atoms with Gasteiger partial charge in [-0.1, -0.05) is 42.5 Å². The van der Waals surface area contributed by atoms with E-state index in [0.717, 1.165) is 0 Å². The maximum atomic E-state index is 14.7. The van der Waals surface area contributed by atoms with E-state index in [4.69, 9.17) is 4.98 Å². The third-order valence-electron chi connectivity index (χ3n) is 9.09. The van der Waals surface area contributed by atoms with Crippen molar-refractivity contribution in [1.29, 1.82) is 0 Å². The topological polar surface area (TPSA) is 81.2 Å². The monoisotopic (exact) mass is 577 g/mol. The fourth-order valence-corrected chi connectivity index (χ4v) is 7.20. The fourth-order valence-electron chi connectivity index (χ4n) is 7.20. The second kappa shape index (κ2) is 8.45. The molecule has 0 aliphatic heterocycles. The molecule has 0 atom stereocenters. The molecule has 4 aromatic rings. The molecule has 5 nitrogen and oxygen atoms in total. The van der Waals surface area contributed by atoms with Gasteiger partial charge < -0.3 is 0 Å². The molecular formula is C37H17F2NO4. The van der Waals surface area contributed by atoms with E-state index in [1.807, 2.05) is 6.08 Å². The molecule has 0 unspecified atom stereocenters. The Bertz CT molecular complexity index is 2280. The summed E-state index contributed by atoms with van der Waals surface area (Å²) in [5.74, 6) is -2.82. The van der Waals surface area contributed by atoms with Gasteiger partial charge in [0.2, 0.25) is 0 Å². The molecule has 44 heavy (non-hydrogen) atoms. The van der Waals surface area contributed by atoms with Crippen molar-refractivity contribution in [2.24, 2.45) is 0 Å². The number of halogens is 2. The normalized spacial score (nSPS) is 19.0. The van der Waals surface area contributed by atoms with E-state index in [1.165, 1.54) is 24.3 Å². The molecule has 9 rings (SSSR count). The molecule has 5 aliphatic carbocycles. The van der Waals surface area contributed by atoms with Gasteiger partial charge in [-0.05, 0) is 65.9 Å². The Kier molecular flexibility index (Phi) is 4.77. The van der Waals surface area contributed by atoms with E-state index in [-0.39, 0.29) is 39.2 Å². The van der Waals surface area contributed by atoms with Crippen molar-refractivity contribution in [3.05, 3.63) is 146 Å². The smallest absolute Gasteiger partial charge is 0.198 e. The Labute approximate surface area is 248 Å². The number of ketones is 4. The van der Waals surface area contributed by atoms with Crippen LogP contribution in [0.25, 0.3) is 33.5 Å². The summed E-state index contributed by atoms with van der Waals surface area (Å²) in [6, 6.07) is 16.5. The molecule has 7 heteroatoms. The van der Waals surface area contributed by atoms with Gasteiger partial charge in [0.1, 0.15) is 11.6 Å². The standard InChI is InChI=1S/C37H17F2NO4/c38-16-9-11-18-24(13-16)29(31-36(43)22-7-3-4-8-23(22)37(31)44)33-26(18)15-27-28(25-14-17(39)10-12-19(25)32(27)40-33)30-34(41)20-5-1-2-6-21(20)35(30)42/h1-3,5-7,9-15H,4,8H2/b31-29-. The van der Waals surface area contributed by atoms with Crippen LogP contribution < -0.4 is 0 Å². The number of Topliss-reactive ketones (excluding diaryl/α,β-unsaturated/α-hetero) is 4. The molecule has 0 amide bonds. The van der Waals surface area contributed by atoms with Crippen molar-refractivity contribution in [1.82, 2.24) is 4.98 Å². The predicted molar refractivity (Wildman–Crippen MR) is 158 cm³/mol. The van der Waals surface area contributed by atoms with Crippen LogP contribution in [0, 0.1) is 11.6 Å². The first-order valence-corrected chi connectivity index (χ1v) is 14.2. The highest BCUT2D eigenvalue weighted by atomic mass is 19.1. The summed E-state index contributed by atoms with van der Waals surface area (Å²) in [5.41, 5.74) is 5.17. The zero-order valence-electron chi connectivity index (χ0n) is 22.8. The number of hydrogen-bond donors (Lipinski definition) is 0. The molecule has 1 heterocycles. The maximum Gasteiger partial charge on any atom is 0.198 e. The number of hydrogen-bond acceptors (Lipinski definition) is 5. The lowest BCUT2D eigenvalue weighted by Gasteiger charge is -2.10. The van der Waals surface area contributed by atoms with Crippen LogP contribution in [-0.4, -0.2) is 28.1 Å². The van der Waals surface area contributed by atoms with Crippen LogP contribution in [0.4, 0.5) is 8.78 Å². The molecule has 3 aromatic carbocycles. The number of nitrogens with zero attached hydrogens (tertiary/aromatic N) is 1. The van der Waals surface area contributed by atoms with Gasteiger partial charge in [0.25, 0.3) is 0 Å². The number of aromatic nitrogens is 1. The van der Waals surface area contributed by atoms with Gasteiger partial charge in [0.15, 0.2) is 23.1 Å². The SMILES string of the molecule is O=C1C2=C(CCC=C2)C(=O)/C1=C1/c2cc(F)ccc2-c2cc3c(nc21)-c1ccc(F)cc1C3=C1C(=O)c2ccccc2C1=O. The van der Waals surface area contributed by atoms with Gasteiger partial charge in [-0.15, -0.1) is 0 Å². The minimum atomic E-state index is -0.548. The number of benzene rings is 3. The number of fused-ring (bicyclic) bond motifs is 7. The lowest BCUT2D eigenvalue weighted by atomic mass is 9.94. The number of allylic oxidation sites excluding steroid dienone is 6. The van der Waals surface area contributed by atoms with Gasteiger partial charge in [-0.3, -0.25) is 19.2 Å². The fraction of sp³-hybridized carbons (Fsp3) is 0.0541. The van der Waals surface area contributed by atoms with E-state index in [1.54, 1.807) is 48.5 Å². The van der Waals surface area contributed by atoms with Crippen LogP contribution in [0.15, 0.2) is 101 Å². The van der Waals surface area contributed by atoms with E-state index in [2.05, 4.69) is 0 Å². The molecular weight excluding hydrogens is 560 g/mol. The Morgan fingerprint density at radius 3 is 1.84 bits per heavy atom. The number of carbonyl (C=O) groups excluding carboxylic acids is 4. The molecule has 5 aliphatic rings. The Morgan fingerprint density at radius 1 is 0.523 bits per heavy atom. The summed E-state index contributed by atoms with van der Waals surface area (Å²) in [4.78, 5) is 59.7. The van der Waals surface area contributed by atoms with Gasteiger partial charge in [0.05, 0.1) is 22.5 Å². The Hall–Kier alpha value is -5.69. The molecule has 0 bridgehead atoms. The second-order valence-electron chi connectivity index (χ2n) is 11.4. The van der Waals surface area contributed by atoms with Crippen LogP contribution in [-0.2, 0) is 9.59 Å². The zero-order chi connectivity index (χ0) is 30.0. The van der Waals surface area contributed by atoms with E-state index in [0.29, 0.717) is 68.8 Å². The second-order valence-corrected chi connectivity index (χ2v) is 11.4. The number of pyridine rings is 1. The van der Waals surface area contributed by atoms with Crippen LogP contribution in [0.3, 0.4) is 0 Å². The van der Waals surface area contributed by atoms with Gasteiger partial charge >= 0.3 is 0 Å². The quantitative estimate of drug-likeness (QED) is 0.147. The average molecular weight is 578 g/mol.